The van der Waals surface area contributed by atoms with Gasteiger partial charge in [0.15, 0.2) is 0 Å². The number of rotatable bonds is 8. The zero-order valence-corrected chi connectivity index (χ0v) is 18.0. The number of nitrogens with zero attached hydrogens (tertiary/aromatic N) is 1. The van der Waals surface area contributed by atoms with Crippen LogP contribution in [0.25, 0.3) is 0 Å². The Hall–Kier alpha value is -2.49. The molecular formula is C28H32FNO. The Kier molecular flexibility index (Phi) is 7.50. The van der Waals surface area contributed by atoms with Crippen LogP contribution >= 0.6 is 0 Å². The van der Waals surface area contributed by atoms with Crippen molar-refractivity contribution < 1.29 is 9.50 Å². The molecule has 3 atom stereocenters. The van der Waals surface area contributed by atoms with Gasteiger partial charge in [0.2, 0.25) is 0 Å². The molecule has 2 nitrogen and oxygen atoms in total. The second-order valence-electron chi connectivity index (χ2n) is 8.64. The van der Waals surface area contributed by atoms with Crippen LogP contribution in [-0.2, 0) is 6.42 Å². The molecule has 1 N–H and O–H groups in total. The van der Waals surface area contributed by atoms with Crippen molar-refractivity contribution in [3.63, 3.8) is 0 Å². The first-order valence-corrected chi connectivity index (χ1v) is 11.5. The summed E-state index contributed by atoms with van der Waals surface area (Å²) in [6, 6.07) is 27.6. The van der Waals surface area contributed by atoms with E-state index in [4.69, 9.17) is 0 Å². The molecule has 0 aromatic heterocycles. The van der Waals surface area contributed by atoms with Gasteiger partial charge in [-0.05, 0) is 67.6 Å². The molecule has 0 spiro atoms. The predicted octanol–water partition coefficient (Wildman–Crippen LogP) is 6.34. The molecule has 3 aromatic carbocycles. The Bertz CT molecular complexity index is 907. The van der Waals surface area contributed by atoms with Crippen LogP contribution < -0.4 is 0 Å². The molecule has 0 aliphatic carbocycles. The van der Waals surface area contributed by atoms with Crippen LogP contribution in [-0.4, -0.2) is 23.1 Å². The summed E-state index contributed by atoms with van der Waals surface area (Å²) in [6.45, 7) is 2.13. The summed E-state index contributed by atoms with van der Waals surface area (Å²) >= 11 is 0. The van der Waals surface area contributed by atoms with E-state index in [1.54, 1.807) is 0 Å². The summed E-state index contributed by atoms with van der Waals surface area (Å²) in [5.74, 6) is -0.173. The van der Waals surface area contributed by atoms with Crippen molar-refractivity contribution in [1.82, 2.24) is 4.90 Å². The van der Waals surface area contributed by atoms with Gasteiger partial charge in [-0.2, -0.15) is 0 Å². The first-order chi connectivity index (χ1) is 15.2. The monoisotopic (exact) mass is 417 g/mol. The number of aliphatic hydroxyl groups excluding tert-OH is 1. The Morgan fingerprint density at radius 3 is 1.94 bits per heavy atom. The number of likely N-dealkylation sites (tertiary alicyclic amines) is 1. The molecule has 31 heavy (non-hydrogen) atoms. The first kappa shape index (κ1) is 21.7. The minimum Gasteiger partial charge on any atom is -0.388 e. The van der Waals surface area contributed by atoms with Gasteiger partial charge in [-0.1, -0.05) is 79.2 Å². The number of hydrogen-bond acceptors (Lipinski definition) is 2. The number of aliphatic hydroxyl groups is 1. The maximum atomic E-state index is 13.4. The maximum Gasteiger partial charge on any atom is 0.123 e. The fourth-order valence-corrected chi connectivity index (χ4v) is 4.95. The van der Waals surface area contributed by atoms with E-state index in [-0.39, 0.29) is 17.8 Å². The number of piperidine rings is 1. The number of benzene rings is 3. The second-order valence-corrected chi connectivity index (χ2v) is 8.64. The van der Waals surface area contributed by atoms with Gasteiger partial charge >= 0.3 is 0 Å². The quantitative estimate of drug-likeness (QED) is 0.463. The molecule has 3 unspecified atom stereocenters. The van der Waals surface area contributed by atoms with Gasteiger partial charge in [0.05, 0.1) is 6.10 Å². The van der Waals surface area contributed by atoms with E-state index in [0.29, 0.717) is 0 Å². The Morgan fingerprint density at radius 1 is 0.742 bits per heavy atom. The van der Waals surface area contributed by atoms with Crippen LogP contribution in [0, 0.1) is 11.7 Å². The van der Waals surface area contributed by atoms with Crippen LogP contribution in [0.2, 0.25) is 0 Å². The minimum atomic E-state index is -0.561. The molecular weight excluding hydrogens is 385 g/mol. The molecule has 1 saturated heterocycles. The third-order valence-electron chi connectivity index (χ3n) is 6.56. The van der Waals surface area contributed by atoms with Crippen LogP contribution in [0.1, 0.15) is 54.5 Å². The van der Waals surface area contributed by atoms with Crippen LogP contribution in [0.5, 0.6) is 0 Å². The highest BCUT2D eigenvalue weighted by molar-refractivity contribution is 5.25. The lowest BCUT2D eigenvalue weighted by Gasteiger charge is -2.41. The molecule has 0 radical (unpaired) electrons. The smallest absolute Gasteiger partial charge is 0.123 e. The van der Waals surface area contributed by atoms with Gasteiger partial charge in [0.25, 0.3) is 0 Å². The molecule has 3 aromatic rings. The van der Waals surface area contributed by atoms with Gasteiger partial charge < -0.3 is 5.11 Å². The van der Waals surface area contributed by atoms with Crippen molar-refractivity contribution in [2.75, 3.05) is 13.1 Å². The number of aryl methyl sites for hydroxylation is 1. The minimum absolute atomic E-state index is 0.0351. The summed E-state index contributed by atoms with van der Waals surface area (Å²) in [4.78, 5) is 2.57. The summed E-state index contributed by atoms with van der Waals surface area (Å²) in [7, 11) is 0. The lowest BCUT2D eigenvalue weighted by atomic mass is 9.80. The van der Waals surface area contributed by atoms with E-state index in [1.165, 1.54) is 37.0 Å². The van der Waals surface area contributed by atoms with E-state index in [2.05, 4.69) is 35.2 Å². The average molecular weight is 418 g/mol. The SMILES string of the molecule is OC(c1ccccc1)C(CCc1ccc(F)cc1)C(c1ccccc1)N1CCCCC1. The largest absolute Gasteiger partial charge is 0.388 e. The van der Waals surface area contributed by atoms with E-state index in [9.17, 15) is 9.50 Å². The summed E-state index contributed by atoms with van der Waals surface area (Å²) in [5.41, 5.74) is 3.34. The highest BCUT2D eigenvalue weighted by Gasteiger charge is 2.34. The molecule has 0 bridgehead atoms. The Labute approximate surface area is 185 Å². The predicted molar refractivity (Wildman–Crippen MR) is 124 cm³/mol. The van der Waals surface area contributed by atoms with Crippen LogP contribution in [0.3, 0.4) is 0 Å². The second kappa shape index (κ2) is 10.7. The molecule has 1 aliphatic rings. The van der Waals surface area contributed by atoms with E-state index in [1.807, 2.05) is 42.5 Å². The van der Waals surface area contributed by atoms with Crippen molar-refractivity contribution >= 4 is 0 Å². The standard InChI is InChI=1S/C28H32FNO/c29-25-17-14-22(15-18-25)16-19-26(28(31)24-12-6-2-7-13-24)27(23-10-4-1-5-11-23)30-20-8-3-9-21-30/h1-2,4-7,10-15,17-18,26-28,31H,3,8-9,16,19-21H2. The molecule has 162 valence electrons. The number of hydrogen-bond donors (Lipinski definition) is 1. The van der Waals surface area contributed by atoms with Crippen LogP contribution in [0.4, 0.5) is 4.39 Å². The number of halogens is 1. The third kappa shape index (κ3) is 5.61. The molecule has 1 heterocycles. The Morgan fingerprint density at radius 2 is 1.32 bits per heavy atom. The summed E-state index contributed by atoms with van der Waals surface area (Å²) < 4.78 is 13.4. The van der Waals surface area contributed by atoms with Crippen molar-refractivity contribution in [3.05, 3.63) is 107 Å². The fourth-order valence-electron chi connectivity index (χ4n) is 4.95. The van der Waals surface area contributed by atoms with E-state index >= 15 is 0 Å². The highest BCUT2D eigenvalue weighted by Crippen LogP contribution is 2.41. The summed E-state index contributed by atoms with van der Waals surface area (Å²) in [6.07, 6.45) is 4.77. The van der Waals surface area contributed by atoms with Crippen molar-refractivity contribution in [2.45, 2.75) is 44.2 Å². The third-order valence-corrected chi connectivity index (χ3v) is 6.56. The van der Waals surface area contributed by atoms with Crippen molar-refractivity contribution in [1.29, 1.82) is 0 Å². The first-order valence-electron chi connectivity index (χ1n) is 11.5. The maximum absolute atomic E-state index is 13.4. The van der Waals surface area contributed by atoms with Crippen molar-refractivity contribution in [3.8, 4) is 0 Å². The molecule has 1 aliphatic heterocycles. The fraction of sp³-hybridized carbons (Fsp3) is 0.357. The average Bonchev–Trinajstić information content (AvgIpc) is 2.84. The zero-order chi connectivity index (χ0) is 21.5. The van der Waals surface area contributed by atoms with Gasteiger partial charge in [0.1, 0.15) is 5.82 Å². The molecule has 4 rings (SSSR count). The lowest BCUT2D eigenvalue weighted by molar-refractivity contribution is 0.0213. The van der Waals surface area contributed by atoms with Gasteiger partial charge in [-0.3, -0.25) is 4.90 Å². The highest BCUT2D eigenvalue weighted by atomic mass is 19.1. The molecule has 0 amide bonds. The molecule has 1 fully saturated rings. The molecule has 3 heteroatoms. The molecule has 0 saturated carbocycles. The normalized spacial score (nSPS) is 17.7. The van der Waals surface area contributed by atoms with E-state index < -0.39 is 6.10 Å². The topological polar surface area (TPSA) is 23.5 Å². The lowest BCUT2D eigenvalue weighted by Crippen LogP contribution is -2.39. The Balaban J connectivity index is 1.67. The zero-order valence-electron chi connectivity index (χ0n) is 18.0. The van der Waals surface area contributed by atoms with E-state index in [0.717, 1.165) is 37.1 Å². The van der Waals surface area contributed by atoms with Gasteiger partial charge in [-0.15, -0.1) is 0 Å². The van der Waals surface area contributed by atoms with Crippen LogP contribution in [0.15, 0.2) is 84.9 Å². The van der Waals surface area contributed by atoms with Crippen molar-refractivity contribution in [2.24, 2.45) is 5.92 Å². The summed E-state index contributed by atoms with van der Waals surface area (Å²) in [5, 5.41) is 11.6. The van der Waals surface area contributed by atoms with Gasteiger partial charge in [-0.25, -0.2) is 4.39 Å². The van der Waals surface area contributed by atoms with Gasteiger partial charge in [0, 0.05) is 12.0 Å².